The van der Waals surface area contributed by atoms with Gasteiger partial charge in [0.1, 0.15) is 5.82 Å². The Morgan fingerprint density at radius 3 is 2.95 bits per heavy atom. The van der Waals surface area contributed by atoms with Crippen LogP contribution in [0.4, 0.5) is 10.2 Å². The number of fused-ring (bicyclic) bond motifs is 2. The Bertz CT molecular complexity index is 1560. The van der Waals surface area contributed by atoms with Gasteiger partial charge in [0, 0.05) is 42.3 Å². The van der Waals surface area contributed by atoms with Gasteiger partial charge in [-0.3, -0.25) is 14.7 Å². The summed E-state index contributed by atoms with van der Waals surface area (Å²) in [6.07, 6.45) is 7.83. The monoisotopic (exact) mass is 545 g/mol. The SMILES string of the molecule is C=CC(=O)N[C@@H]1CCN(c2n[nH]c3nccc(-c4ccc(CNC(=O)c5nc6c(s5)CCCC6)c(F)c4)c23)C1. The van der Waals surface area contributed by atoms with Crippen molar-refractivity contribution in [3.63, 3.8) is 0 Å². The lowest BCUT2D eigenvalue weighted by molar-refractivity contribution is -0.117. The second kappa shape index (κ2) is 10.6. The van der Waals surface area contributed by atoms with Crippen molar-refractivity contribution in [2.75, 3.05) is 18.0 Å². The van der Waals surface area contributed by atoms with E-state index in [0.29, 0.717) is 40.7 Å². The summed E-state index contributed by atoms with van der Waals surface area (Å²) in [6, 6.07) is 6.85. The first kappa shape index (κ1) is 25.2. The minimum Gasteiger partial charge on any atom is -0.352 e. The zero-order valence-corrected chi connectivity index (χ0v) is 22.1. The van der Waals surface area contributed by atoms with E-state index in [9.17, 15) is 9.59 Å². The number of benzene rings is 1. The van der Waals surface area contributed by atoms with E-state index < -0.39 is 5.82 Å². The highest BCUT2D eigenvalue weighted by atomic mass is 32.1. The number of aryl methyl sites for hydroxylation is 2. The molecule has 11 heteroatoms. The van der Waals surface area contributed by atoms with Crippen molar-refractivity contribution in [2.45, 2.75) is 44.7 Å². The number of amides is 2. The molecule has 6 rings (SSSR count). The summed E-state index contributed by atoms with van der Waals surface area (Å²) in [5, 5.41) is 14.5. The molecule has 2 amide bonds. The van der Waals surface area contributed by atoms with Crippen LogP contribution in [0.1, 0.15) is 45.2 Å². The third-order valence-corrected chi connectivity index (χ3v) is 8.46. The van der Waals surface area contributed by atoms with Crippen LogP contribution in [0.5, 0.6) is 0 Å². The molecule has 200 valence electrons. The van der Waals surface area contributed by atoms with Gasteiger partial charge in [0.05, 0.1) is 11.1 Å². The van der Waals surface area contributed by atoms with Gasteiger partial charge >= 0.3 is 0 Å². The molecule has 2 aliphatic rings. The fourth-order valence-electron chi connectivity index (χ4n) is 5.29. The molecule has 0 spiro atoms. The molecule has 3 N–H and O–H groups in total. The number of hydrogen-bond donors (Lipinski definition) is 3. The summed E-state index contributed by atoms with van der Waals surface area (Å²) in [7, 11) is 0. The van der Waals surface area contributed by atoms with Crippen molar-refractivity contribution < 1.29 is 14.0 Å². The number of carbonyl (C=O) groups is 2. The Morgan fingerprint density at radius 1 is 1.26 bits per heavy atom. The molecule has 1 aliphatic carbocycles. The molecule has 1 aromatic carbocycles. The number of carbonyl (C=O) groups excluding carboxylic acids is 2. The molecule has 0 saturated carbocycles. The molecule has 4 heterocycles. The standard InChI is InChI=1S/C28H28FN7O2S/c1-2-23(37)32-18-10-12-36(15-18)26-24-19(9-11-30-25(24)34-35-26)16-7-8-17(20(29)13-16)14-31-27(38)28-33-21-5-3-4-6-22(21)39-28/h2,7-9,11,13,18H,1,3-6,10,12,14-15H2,(H,31,38)(H,32,37)(H,30,34,35)/t18-/m1/s1. The topological polar surface area (TPSA) is 116 Å². The molecule has 39 heavy (non-hydrogen) atoms. The summed E-state index contributed by atoms with van der Waals surface area (Å²) < 4.78 is 15.2. The molecule has 0 bridgehead atoms. The molecule has 0 radical (unpaired) electrons. The van der Waals surface area contributed by atoms with Crippen LogP contribution in [0, 0.1) is 5.82 Å². The van der Waals surface area contributed by atoms with Crippen LogP contribution in [-0.4, -0.2) is 51.1 Å². The molecule has 9 nitrogen and oxygen atoms in total. The number of anilines is 1. The molecule has 1 aliphatic heterocycles. The maximum atomic E-state index is 15.2. The second-order valence-corrected chi connectivity index (χ2v) is 10.9. The van der Waals surface area contributed by atoms with Gasteiger partial charge in [0.15, 0.2) is 16.5 Å². The number of nitrogens with zero attached hydrogens (tertiary/aromatic N) is 4. The third-order valence-electron chi connectivity index (χ3n) is 7.31. The van der Waals surface area contributed by atoms with Gasteiger partial charge in [0.2, 0.25) is 5.91 Å². The first-order chi connectivity index (χ1) is 19.0. The highest BCUT2D eigenvalue weighted by molar-refractivity contribution is 7.13. The molecule has 1 atom stereocenters. The minimum absolute atomic E-state index is 0.0101. The van der Waals surface area contributed by atoms with Gasteiger partial charge in [-0.05, 0) is 61.4 Å². The first-order valence-electron chi connectivity index (χ1n) is 13.1. The number of pyridine rings is 1. The number of halogens is 1. The average Bonchev–Trinajstić information content (AvgIpc) is 3.70. The number of thiazole rings is 1. The summed E-state index contributed by atoms with van der Waals surface area (Å²) >= 11 is 1.44. The largest absolute Gasteiger partial charge is 0.352 e. The molecule has 3 aromatic heterocycles. The number of rotatable bonds is 7. The maximum Gasteiger partial charge on any atom is 0.280 e. The third kappa shape index (κ3) is 5.01. The lowest BCUT2D eigenvalue weighted by atomic mass is 10.0. The zero-order chi connectivity index (χ0) is 26.9. The summed E-state index contributed by atoms with van der Waals surface area (Å²) in [5.74, 6) is -0.167. The van der Waals surface area contributed by atoms with E-state index in [2.05, 4.69) is 42.3 Å². The first-order valence-corrected chi connectivity index (χ1v) is 13.9. The van der Waals surface area contributed by atoms with Crippen molar-refractivity contribution in [1.29, 1.82) is 0 Å². The zero-order valence-electron chi connectivity index (χ0n) is 21.3. The molecule has 1 fully saturated rings. The lowest BCUT2D eigenvalue weighted by Crippen LogP contribution is -2.36. The van der Waals surface area contributed by atoms with E-state index in [1.165, 1.54) is 28.4 Å². The van der Waals surface area contributed by atoms with E-state index in [0.717, 1.165) is 48.7 Å². The molecule has 1 saturated heterocycles. The van der Waals surface area contributed by atoms with E-state index in [1.807, 2.05) is 12.1 Å². The van der Waals surface area contributed by atoms with Crippen molar-refractivity contribution in [3.8, 4) is 11.1 Å². The predicted molar refractivity (Wildman–Crippen MR) is 148 cm³/mol. The van der Waals surface area contributed by atoms with Crippen LogP contribution in [-0.2, 0) is 24.2 Å². The Hall–Kier alpha value is -4.12. The van der Waals surface area contributed by atoms with Gasteiger partial charge in [-0.1, -0.05) is 18.7 Å². The predicted octanol–water partition coefficient (Wildman–Crippen LogP) is 3.91. The van der Waals surface area contributed by atoms with Crippen LogP contribution in [0.3, 0.4) is 0 Å². The molecule has 0 unspecified atom stereocenters. The molecule has 4 aromatic rings. The van der Waals surface area contributed by atoms with Gasteiger partial charge in [0.25, 0.3) is 5.91 Å². The number of H-pyrrole nitrogens is 1. The van der Waals surface area contributed by atoms with E-state index >= 15 is 4.39 Å². The summed E-state index contributed by atoms with van der Waals surface area (Å²) in [4.78, 5) is 36.6. The van der Waals surface area contributed by atoms with Gasteiger partial charge in [-0.25, -0.2) is 14.4 Å². The highest BCUT2D eigenvalue weighted by Gasteiger charge is 2.28. The number of nitrogens with one attached hydrogen (secondary N) is 3. The number of aromatic nitrogens is 4. The van der Waals surface area contributed by atoms with Crippen molar-refractivity contribution >= 4 is 40.0 Å². The van der Waals surface area contributed by atoms with E-state index in [-0.39, 0.29) is 24.4 Å². The second-order valence-electron chi connectivity index (χ2n) is 9.86. The average molecular weight is 546 g/mol. The molecular formula is C28H28FN7O2S. The van der Waals surface area contributed by atoms with Crippen molar-refractivity contribution in [1.82, 2.24) is 30.8 Å². The van der Waals surface area contributed by atoms with Crippen LogP contribution < -0.4 is 15.5 Å². The van der Waals surface area contributed by atoms with Gasteiger partial charge < -0.3 is 15.5 Å². The lowest BCUT2D eigenvalue weighted by Gasteiger charge is -2.17. The Labute approximate surface area is 228 Å². The Morgan fingerprint density at radius 2 is 2.13 bits per heavy atom. The Kier molecular flexibility index (Phi) is 6.82. The number of hydrogen-bond acceptors (Lipinski definition) is 7. The van der Waals surface area contributed by atoms with Crippen LogP contribution in [0.25, 0.3) is 22.2 Å². The molecular weight excluding hydrogens is 517 g/mol. The fourth-order valence-corrected chi connectivity index (χ4v) is 6.36. The van der Waals surface area contributed by atoms with Crippen LogP contribution in [0.15, 0.2) is 43.1 Å². The van der Waals surface area contributed by atoms with Gasteiger partial charge in [-0.15, -0.1) is 11.3 Å². The van der Waals surface area contributed by atoms with Gasteiger partial charge in [-0.2, -0.15) is 5.10 Å². The number of aromatic amines is 1. The highest BCUT2D eigenvalue weighted by Crippen LogP contribution is 2.35. The summed E-state index contributed by atoms with van der Waals surface area (Å²) in [6.45, 7) is 4.90. The van der Waals surface area contributed by atoms with Crippen molar-refractivity contribution in [3.05, 3.63) is 70.1 Å². The smallest absolute Gasteiger partial charge is 0.280 e. The van der Waals surface area contributed by atoms with Crippen LogP contribution >= 0.6 is 11.3 Å². The fraction of sp³-hybridized carbons (Fsp3) is 0.321. The minimum atomic E-state index is -0.408. The Balaban J connectivity index is 1.20. The normalized spacial score (nSPS) is 16.7. The van der Waals surface area contributed by atoms with E-state index in [4.69, 9.17) is 0 Å². The quantitative estimate of drug-likeness (QED) is 0.303. The van der Waals surface area contributed by atoms with E-state index in [1.54, 1.807) is 12.3 Å². The van der Waals surface area contributed by atoms with Crippen LogP contribution in [0.2, 0.25) is 0 Å². The summed E-state index contributed by atoms with van der Waals surface area (Å²) in [5.41, 5.74) is 3.50. The van der Waals surface area contributed by atoms with Crippen molar-refractivity contribution in [2.24, 2.45) is 0 Å². The maximum absolute atomic E-state index is 15.2.